The molecule has 2 N–H and O–H groups in total. The Balaban J connectivity index is 1.32. The van der Waals surface area contributed by atoms with Crippen LogP contribution in [0.25, 0.3) is 0 Å². The molecule has 3 nitrogen and oxygen atoms in total. The Morgan fingerprint density at radius 1 is 0.676 bits per heavy atom. The monoisotopic (exact) mass is 463 g/mol. The van der Waals surface area contributed by atoms with Gasteiger partial charge in [-0.15, -0.1) is 0 Å². The van der Waals surface area contributed by atoms with Crippen LogP contribution in [0.15, 0.2) is 66.7 Å². The molecule has 0 aromatic heterocycles. The molecule has 0 amide bonds. The van der Waals surface area contributed by atoms with Crippen molar-refractivity contribution in [2.45, 2.75) is 96.3 Å². The number of anilines is 1. The molecule has 2 aromatic carbocycles. The molecule has 0 atom stereocenters. The van der Waals surface area contributed by atoms with Crippen LogP contribution in [0.3, 0.4) is 0 Å². The van der Waals surface area contributed by atoms with Gasteiger partial charge in [0, 0.05) is 18.7 Å². The average Bonchev–Trinajstić information content (AvgIpc) is 2.85. The lowest BCUT2D eigenvalue weighted by Gasteiger charge is -2.08. The fourth-order valence-electron chi connectivity index (χ4n) is 4.22. The SMILES string of the molecule is O=C(O)CCCc1ccc(NCCCCCCCCCCCCC=CCc2ccccc2)cc1. The second-order valence-electron chi connectivity index (χ2n) is 9.36. The average molecular weight is 464 g/mol. The maximum Gasteiger partial charge on any atom is 0.303 e. The summed E-state index contributed by atoms with van der Waals surface area (Å²) in [7, 11) is 0. The summed E-state index contributed by atoms with van der Waals surface area (Å²) in [5.41, 5.74) is 3.77. The van der Waals surface area contributed by atoms with Gasteiger partial charge in [0.25, 0.3) is 0 Å². The molecular weight excluding hydrogens is 418 g/mol. The van der Waals surface area contributed by atoms with E-state index in [9.17, 15) is 4.79 Å². The van der Waals surface area contributed by atoms with Gasteiger partial charge >= 0.3 is 5.97 Å². The number of hydrogen-bond acceptors (Lipinski definition) is 2. The van der Waals surface area contributed by atoms with Gasteiger partial charge in [-0.3, -0.25) is 4.79 Å². The molecule has 0 aliphatic carbocycles. The molecule has 3 heteroatoms. The first-order valence-corrected chi connectivity index (χ1v) is 13.5. The van der Waals surface area contributed by atoms with Crippen LogP contribution >= 0.6 is 0 Å². The highest BCUT2D eigenvalue weighted by atomic mass is 16.4. The number of allylic oxidation sites excluding steroid dienone is 2. The molecule has 0 fully saturated rings. The second kappa shape index (κ2) is 18.8. The van der Waals surface area contributed by atoms with Gasteiger partial charge in [-0.2, -0.15) is 0 Å². The summed E-state index contributed by atoms with van der Waals surface area (Å²) in [6.45, 7) is 1.03. The smallest absolute Gasteiger partial charge is 0.303 e. The van der Waals surface area contributed by atoms with Crippen LogP contribution in [0.4, 0.5) is 5.69 Å². The number of aliphatic carboxylic acids is 1. The summed E-state index contributed by atoms with van der Waals surface area (Å²) in [6.07, 6.45) is 22.2. The summed E-state index contributed by atoms with van der Waals surface area (Å²) in [6, 6.07) is 19.1. The molecule has 0 bridgehead atoms. The zero-order chi connectivity index (χ0) is 24.1. The number of carboxylic acids is 1. The highest BCUT2D eigenvalue weighted by Crippen LogP contribution is 2.14. The number of unbranched alkanes of at least 4 members (excludes halogenated alkanes) is 10. The predicted octanol–water partition coefficient (Wildman–Crippen LogP) is 8.60. The van der Waals surface area contributed by atoms with Crippen LogP contribution in [-0.4, -0.2) is 17.6 Å². The molecule has 2 aromatic rings. The summed E-state index contributed by atoms with van der Waals surface area (Å²) in [5, 5.41) is 12.2. The van der Waals surface area contributed by atoms with Crippen molar-refractivity contribution in [3.8, 4) is 0 Å². The minimum Gasteiger partial charge on any atom is -0.481 e. The van der Waals surface area contributed by atoms with Gasteiger partial charge in [-0.05, 0) is 61.8 Å². The molecule has 0 aliphatic heterocycles. The quantitative estimate of drug-likeness (QED) is 0.153. The fourth-order valence-corrected chi connectivity index (χ4v) is 4.22. The van der Waals surface area contributed by atoms with E-state index >= 15 is 0 Å². The van der Waals surface area contributed by atoms with Crippen molar-refractivity contribution in [2.75, 3.05) is 11.9 Å². The number of hydrogen-bond donors (Lipinski definition) is 2. The Bertz CT molecular complexity index is 783. The molecule has 0 heterocycles. The molecule has 0 aliphatic rings. The van der Waals surface area contributed by atoms with Gasteiger partial charge in [0.2, 0.25) is 0 Å². The van der Waals surface area contributed by atoms with E-state index in [1.807, 2.05) is 0 Å². The third-order valence-electron chi connectivity index (χ3n) is 6.30. The van der Waals surface area contributed by atoms with Crippen molar-refractivity contribution >= 4 is 11.7 Å². The Labute approximate surface area is 207 Å². The first-order valence-electron chi connectivity index (χ1n) is 13.5. The van der Waals surface area contributed by atoms with Crippen LogP contribution in [0.1, 0.15) is 94.6 Å². The number of rotatable bonds is 20. The Morgan fingerprint density at radius 3 is 1.94 bits per heavy atom. The maximum atomic E-state index is 10.6. The minimum absolute atomic E-state index is 0.244. The van der Waals surface area contributed by atoms with E-state index < -0.39 is 5.97 Å². The van der Waals surface area contributed by atoms with E-state index in [1.54, 1.807) is 0 Å². The van der Waals surface area contributed by atoms with Gasteiger partial charge in [-0.1, -0.05) is 106 Å². The standard InChI is InChI=1S/C31H45NO2/c33-31(34)22-17-21-29-23-25-30(26-24-29)32-27-16-11-9-7-5-3-1-2-4-6-8-10-13-18-28-19-14-12-15-20-28/h10,12-15,19-20,23-26,32H,1-9,11,16-18,21-22,27H2,(H,33,34). The normalized spacial score (nSPS) is 11.2. The molecule has 0 radical (unpaired) electrons. The summed E-state index contributed by atoms with van der Waals surface area (Å²) >= 11 is 0. The van der Waals surface area contributed by atoms with Crippen LogP contribution in [0.2, 0.25) is 0 Å². The van der Waals surface area contributed by atoms with Crippen molar-refractivity contribution in [1.29, 1.82) is 0 Å². The van der Waals surface area contributed by atoms with Crippen molar-refractivity contribution in [2.24, 2.45) is 0 Å². The molecule has 34 heavy (non-hydrogen) atoms. The van der Waals surface area contributed by atoms with Crippen LogP contribution in [-0.2, 0) is 17.6 Å². The largest absolute Gasteiger partial charge is 0.481 e. The highest BCUT2D eigenvalue weighted by Gasteiger charge is 1.99. The predicted molar refractivity (Wildman–Crippen MR) is 146 cm³/mol. The number of carboxylic acid groups (broad SMARTS) is 1. The van der Waals surface area contributed by atoms with Gasteiger partial charge in [-0.25, -0.2) is 0 Å². The third kappa shape index (κ3) is 14.6. The molecule has 0 saturated carbocycles. The van der Waals surface area contributed by atoms with Crippen molar-refractivity contribution in [3.63, 3.8) is 0 Å². The van der Waals surface area contributed by atoms with E-state index in [4.69, 9.17) is 5.11 Å². The number of carbonyl (C=O) groups is 1. The Morgan fingerprint density at radius 2 is 1.29 bits per heavy atom. The summed E-state index contributed by atoms with van der Waals surface area (Å²) in [5.74, 6) is -0.715. The van der Waals surface area contributed by atoms with E-state index in [1.165, 1.54) is 81.8 Å². The van der Waals surface area contributed by atoms with Gasteiger partial charge < -0.3 is 10.4 Å². The third-order valence-corrected chi connectivity index (χ3v) is 6.30. The maximum absolute atomic E-state index is 10.6. The zero-order valence-corrected chi connectivity index (χ0v) is 21.0. The number of nitrogens with one attached hydrogen (secondary N) is 1. The first-order chi connectivity index (χ1) is 16.7. The highest BCUT2D eigenvalue weighted by molar-refractivity contribution is 5.66. The lowest BCUT2D eigenvalue weighted by Crippen LogP contribution is -2.01. The van der Waals surface area contributed by atoms with Gasteiger partial charge in [0.15, 0.2) is 0 Å². The molecule has 0 unspecified atom stereocenters. The number of aryl methyl sites for hydroxylation is 1. The fraction of sp³-hybridized carbons (Fsp3) is 0.516. The summed E-state index contributed by atoms with van der Waals surface area (Å²) < 4.78 is 0. The van der Waals surface area contributed by atoms with Crippen molar-refractivity contribution in [3.05, 3.63) is 77.9 Å². The lowest BCUT2D eigenvalue weighted by molar-refractivity contribution is -0.137. The van der Waals surface area contributed by atoms with Crippen LogP contribution in [0.5, 0.6) is 0 Å². The molecule has 0 saturated heterocycles. The zero-order valence-electron chi connectivity index (χ0n) is 21.0. The van der Waals surface area contributed by atoms with E-state index in [0.717, 1.165) is 25.1 Å². The van der Waals surface area contributed by atoms with Crippen LogP contribution in [0, 0.1) is 0 Å². The van der Waals surface area contributed by atoms with E-state index in [-0.39, 0.29) is 6.42 Å². The van der Waals surface area contributed by atoms with Crippen molar-refractivity contribution in [1.82, 2.24) is 0 Å². The second-order valence-corrected chi connectivity index (χ2v) is 9.36. The molecule has 2 rings (SSSR count). The molecule has 186 valence electrons. The van der Waals surface area contributed by atoms with Gasteiger partial charge in [0.1, 0.15) is 0 Å². The van der Waals surface area contributed by atoms with Gasteiger partial charge in [0.05, 0.1) is 0 Å². The van der Waals surface area contributed by atoms with E-state index in [0.29, 0.717) is 6.42 Å². The minimum atomic E-state index is -0.715. The van der Waals surface area contributed by atoms with E-state index in [2.05, 4.69) is 72.1 Å². The molecule has 0 spiro atoms. The molecular formula is C31H45NO2. The van der Waals surface area contributed by atoms with Crippen molar-refractivity contribution < 1.29 is 9.90 Å². The topological polar surface area (TPSA) is 49.3 Å². The summed E-state index contributed by atoms with van der Waals surface area (Å²) in [4.78, 5) is 10.6. The van der Waals surface area contributed by atoms with Crippen LogP contribution < -0.4 is 5.32 Å². The Kier molecular flexibility index (Phi) is 15.3. The number of benzene rings is 2. The first kappa shape index (κ1) is 27.7. The lowest BCUT2D eigenvalue weighted by atomic mass is 10.1. The Hall–Kier alpha value is -2.55.